The third-order valence-electron chi connectivity index (χ3n) is 3.84. The van der Waals surface area contributed by atoms with Crippen molar-refractivity contribution in [2.24, 2.45) is 5.92 Å². The summed E-state index contributed by atoms with van der Waals surface area (Å²) in [6, 6.07) is 9.86. The van der Waals surface area contributed by atoms with E-state index in [1.165, 1.54) is 11.3 Å². The first kappa shape index (κ1) is 15.0. The van der Waals surface area contributed by atoms with Gasteiger partial charge in [0.05, 0.1) is 6.61 Å². The van der Waals surface area contributed by atoms with Crippen LogP contribution in [0.1, 0.15) is 27.7 Å². The van der Waals surface area contributed by atoms with Crippen molar-refractivity contribution in [1.82, 2.24) is 15.1 Å². The predicted molar refractivity (Wildman–Crippen MR) is 85.2 cm³/mol. The monoisotopic (exact) mass is 317 g/mol. The predicted octanol–water partition coefficient (Wildman–Crippen LogP) is 2.78. The van der Waals surface area contributed by atoms with Crippen LogP contribution in [0.15, 0.2) is 30.3 Å². The molecule has 1 fully saturated rings. The van der Waals surface area contributed by atoms with Gasteiger partial charge in [0.1, 0.15) is 10.8 Å². The zero-order valence-corrected chi connectivity index (χ0v) is 13.4. The minimum atomic E-state index is 0.00743. The summed E-state index contributed by atoms with van der Waals surface area (Å²) in [6.07, 6.45) is 1.94. The highest BCUT2D eigenvalue weighted by Gasteiger charge is 2.25. The van der Waals surface area contributed by atoms with Gasteiger partial charge in [-0.2, -0.15) is 0 Å². The van der Waals surface area contributed by atoms with Crippen LogP contribution in [-0.2, 0) is 0 Å². The third-order valence-corrected chi connectivity index (χ3v) is 4.67. The molecule has 0 N–H and O–H groups in total. The molecule has 1 aliphatic heterocycles. The van der Waals surface area contributed by atoms with Crippen LogP contribution in [-0.4, -0.2) is 40.7 Å². The van der Waals surface area contributed by atoms with E-state index in [9.17, 15) is 4.79 Å². The van der Waals surface area contributed by atoms with Crippen LogP contribution >= 0.6 is 11.3 Å². The van der Waals surface area contributed by atoms with Gasteiger partial charge in [0.25, 0.3) is 5.91 Å². The molecule has 0 unspecified atom stereocenters. The second-order valence-electron chi connectivity index (χ2n) is 5.49. The first-order valence-corrected chi connectivity index (χ1v) is 8.31. The number of carbonyl (C=O) groups is 1. The smallest absolute Gasteiger partial charge is 0.284 e. The first-order valence-electron chi connectivity index (χ1n) is 7.49. The number of para-hydroxylation sites is 1. The van der Waals surface area contributed by atoms with E-state index in [1.807, 2.05) is 42.2 Å². The molecule has 1 aliphatic rings. The number of hydrogen-bond donors (Lipinski definition) is 0. The fraction of sp³-hybridized carbons (Fsp3) is 0.438. The number of nitrogens with zero attached hydrogens (tertiary/aromatic N) is 3. The maximum absolute atomic E-state index is 12.3. The highest BCUT2D eigenvalue weighted by molar-refractivity contribution is 7.13. The second kappa shape index (κ2) is 6.87. The Bertz CT molecular complexity index is 621. The van der Waals surface area contributed by atoms with Crippen molar-refractivity contribution in [2.45, 2.75) is 19.8 Å². The van der Waals surface area contributed by atoms with Gasteiger partial charge in [0.15, 0.2) is 0 Å². The van der Waals surface area contributed by atoms with Crippen LogP contribution in [0.25, 0.3) is 0 Å². The van der Waals surface area contributed by atoms with E-state index >= 15 is 0 Å². The minimum absolute atomic E-state index is 0.00743. The lowest BCUT2D eigenvalue weighted by atomic mass is 9.98. The van der Waals surface area contributed by atoms with Gasteiger partial charge in [0.2, 0.25) is 5.01 Å². The summed E-state index contributed by atoms with van der Waals surface area (Å²) < 4.78 is 5.81. The Morgan fingerprint density at radius 2 is 2.00 bits per heavy atom. The van der Waals surface area contributed by atoms with E-state index in [-0.39, 0.29) is 5.91 Å². The molecule has 0 atom stereocenters. The van der Waals surface area contributed by atoms with Gasteiger partial charge in [-0.1, -0.05) is 29.5 Å². The van der Waals surface area contributed by atoms with E-state index < -0.39 is 0 Å². The van der Waals surface area contributed by atoms with Gasteiger partial charge >= 0.3 is 0 Å². The zero-order chi connectivity index (χ0) is 15.4. The Morgan fingerprint density at radius 3 is 2.64 bits per heavy atom. The van der Waals surface area contributed by atoms with Gasteiger partial charge < -0.3 is 9.64 Å². The average Bonchev–Trinajstić information content (AvgIpc) is 3.00. The van der Waals surface area contributed by atoms with Crippen LogP contribution in [0, 0.1) is 12.8 Å². The molecule has 1 aromatic heterocycles. The molecule has 116 valence electrons. The summed E-state index contributed by atoms with van der Waals surface area (Å²) in [5, 5.41) is 9.18. The van der Waals surface area contributed by atoms with Crippen LogP contribution in [0.5, 0.6) is 5.75 Å². The number of benzene rings is 1. The largest absolute Gasteiger partial charge is 0.493 e. The molecule has 0 spiro atoms. The fourth-order valence-electron chi connectivity index (χ4n) is 2.55. The number of piperidine rings is 1. The van der Waals surface area contributed by atoms with Gasteiger partial charge in [0, 0.05) is 13.1 Å². The maximum Gasteiger partial charge on any atom is 0.284 e. The van der Waals surface area contributed by atoms with E-state index in [1.54, 1.807) is 0 Å². The topological polar surface area (TPSA) is 55.3 Å². The number of ether oxygens (including phenoxy) is 1. The molecule has 5 nitrogen and oxygen atoms in total. The molecule has 3 rings (SSSR count). The molecule has 0 radical (unpaired) electrons. The molecule has 6 heteroatoms. The van der Waals surface area contributed by atoms with Crippen molar-refractivity contribution >= 4 is 17.2 Å². The number of amides is 1. The lowest BCUT2D eigenvalue weighted by Crippen LogP contribution is -2.39. The highest BCUT2D eigenvalue weighted by atomic mass is 32.1. The van der Waals surface area contributed by atoms with Gasteiger partial charge in [-0.25, -0.2) is 0 Å². The quantitative estimate of drug-likeness (QED) is 0.870. The van der Waals surface area contributed by atoms with Gasteiger partial charge in [-0.3, -0.25) is 4.79 Å². The minimum Gasteiger partial charge on any atom is -0.493 e. The van der Waals surface area contributed by atoms with E-state index in [0.29, 0.717) is 17.5 Å². The summed E-state index contributed by atoms with van der Waals surface area (Å²) in [7, 11) is 0. The lowest BCUT2D eigenvalue weighted by molar-refractivity contribution is 0.0660. The molecule has 1 amide bonds. The highest BCUT2D eigenvalue weighted by Crippen LogP contribution is 2.21. The van der Waals surface area contributed by atoms with Gasteiger partial charge in [-0.05, 0) is 37.8 Å². The summed E-state index contributed by atoms with van der Waals surface area (Å²) in [6.45, 7) is 4.10. The van der Waals surface area contributed by atoms with Crippen molar-refractivity contribution in [2.75, 3.05) is 19.7 Å². The van der Waals surface area contributed by atoms with Crippen molar-refractivity contribution in [3.8, 4) is 5.75 Å². The number of aromatic nitrogens is 2. The first-order chi connectivity index (χ1) is 10.7. The van der Waals surface area contributed by atoms with Gasteiger partial charge in [-0.15, -0.1) is 10.2 Å². The molecule has 1 aromatic carbocycles. The third kappa shape index (κ3) is 3.62. The summed E-state index contributed by atoms with van der Waals surface area (Å²) in [4.78, 5) is 14.2. The maximum atomic E-state index is 12.3. The summed E-state index contributed by atoms with van der Waals surface area (Å²) in [5.41, 5.74) is 0. The average molecular weight is 317 g/mol. The van der Waals surface area contributed by atoms with Crippen molar-refractivity contribution < 1.29 is 9.53 Å². The van der Waals surface area contributed by atoms with Crippen LogP contribution in [0.4, 0.5) is 0 Å². The number of rotatable bonds is 4. The Morgan fingerprint density at radius 1 is 1.27 bits per heavy atom. The zero-order valence-electron chi connectivity index (χ0n) is 12.6. The Balaban J connectivity index is 1.47. The fourth-order valence-corrected chi connectivity index (χ4v) is 3.21. The molecule has 0 saturated carbocycles. The van der Waals surface area contributed by atoms with Crippen molar-refractivity contribution in [3.05, 3.63) is 40.3 Å². The molecule has 0 bridgehead atoms. The Labute approximate surface area is 133 Å². The molecule has 0 aliphatic carbocycles. The van der Waals surface area contributed by atoms with Crippen LogP contribution in [0.3, 0.4) is 0 Å². The summed E-state index contributed by atoms with van der Waals surface area (Å²) >= 11 is 1.36. The van der Waals surface area contributed by atoms with Crippen LogP contribution in [0.2, 0.25) is 0 Å². The molecule has 2 aromatic rings. The molecule has 2 heterocycles. The number of carbonyl (C=O) groups excluding carboxylic acids is 1. The standard InChI is InChI=1S/C16H19N3O2S/c1-12-17-18-15(22-12)16(20)19-9-7-13(8-10-19)11-21-14-5-3-2-4-6-14/h2-6,13H,7-11H2,1H3. The number of aryl methyl sites for hydroxylation is 1. The SMILES string of the molecule is Cc1nnc(C(=O)N2CCC(COc3ccccc3)CC2)s1. The van der Waals surface area contributed by atoms with E-state index in [2.05, 4.69) is 10.2 Å². The van der Waals surface area contributed by atoms with E-state index in [4.69, 9.17) is 4.74 Å². The summed E-state index contributed by atoms with van der Waals surface area (Å²) in [5.74, 6) is 1.42. The molecule has 22 heavy (non-hydrogen) atoms. The molecule has 1 saturated heterocycles. The molecular formula is C16H19N3O2S. The Kier molecular flexibility index (Phi) is 4.68. The van der Waals surface area contributed by atoms with Crippen molar-refractivity contribution in [3.63, 3.8) is 0 Å². The lowest BCUT2D eigenvalue weighted by Gasteiger charge is -2.31. The van der Waals surface area contributed by atoms with Crippen molar-refractivity contribution in [1.29, 1.82) is 0 Å². The normalized spacial score (nSPS) is 15.8. The Hall–Kier alpha value is -1.95. The molecular weight excluding hydrogens is 298 g/mol. The van der Waals surface area contributed by atoms with Crippen LogP contribution < -0.4 is 4.74 Å². The number of likely N-dealkylation sites (tertiary alicyclic amines) is 1. The van der Waals surface area contributed by atoms with E-state index in [0.717, 1.165) is 36.7 Å². The number of hydrogen-bond acceptors (Lipinski definition) is 5. The second-order valence-corrected chi connectivity index (χ2v) is 6.67.